The summed E-state index contributed by atoms with van der Waals surface area (Å²) in [5.74, 6) is 0.00407. The minimum absolute atomic E-state index is 0.000386. The highest BCUT2D eigenvalue weighted by molar-refractivity contribution is 7.89. The first-order chi connectivity index (χ1) is 14.3. The number of hydrogen-bond donors (Lipinski definition) is 1. The highest BCUT2D eigenvalue weighted by Gasteiger charge is 2.23. The molecule has 0 radical (unpaired) electrons. The van der Waals surface area contributed by atoms with Crippen molar-refractivity contribution in [3.63, 3.8) is 0 Å². The molecule has 0 unspecified atom stereocenters. The zero-order valence-corrected chi connectivity index (χ0v) is 17.9. The van der Waals surface area contributed by atoms with E-state index in [4.69, 9.17) is 4.42 Å². The predicted molar refractivity (Wildman–Crippen MR) is 112 cm³/mol. The normalized spacial score (nSPS) is 11.8. The number of benzene rings is 2. The number of nitrogens with one attached hydrogen (secondary N) is 1. The Balaban J connectivity index is 1.73. The predicted octanol–water partition coefficient (Wildman–Crippen LogP) is 3.66. The minimum atomic E-state index is -3.70. The minimum Gasteiger partial charge on any atom is -0.408 e. The molecule has 0 aliphatic heterocycles. The van der Waals surface area contributed by atoms with Crippen LogP contribution < -0.4 is 5.32 Å². The number of nitrogens with zero attached hydrogens (tertiary/aromatic N) is 3. The molecule has 30 heavy (non-hydrogen) atoms. The number of sulfonamides is 1. The Labute approximate surface area is 176 Å². The van der Waals surface area contributed by atoms with E-state index in [0.29, 0.717) is 12.4 Å². The molecule has 0 spiro atoms. The number of amides is 1. The number of anilines is 1. The zero-order chi connectivity index (χ0) is 21.7. The summed E-state index contributed by atoms with van der Waals surface area (Å²) in [5.41, 5.74) is 1.18. The molecule has 1 amide bonds. The quantitative estimate of drug-likeness (QED) is 0.587. The van der Waals surface area contributed by atoms with E-state index >= 15 is 0 Å². The van der Waals surface area contributed by atoms with Crippen molar-refractivity contribution in [2.45, 2.75) is 38.1 Å². The Hall–Kier alpha value is -3.04. The fourth-order valence-corrected chi connectivity index (χ4v) is 4.21. The molecule has 9 heteroatoms. The van der Waals surface area contributed by atoms with Crippen molar-refractivity contribution in [3.8, 4) is 0 Å². The highest BCUT2D eigenvalue weighted by atomic mass is 32.2. The van der Waals surface area contributed by atoms with Crippen LogP contribution in [-0.4, -0.2) is 35.4 Å². The summed E-state index contributed by atoms with van der Waals surface area (Å²) in [6.45, 7) is 6.19. The first-order valence-corrected chi connectivity index (χ1v) is 11.0. The van der Waals surface area contributed by atoms with Crippen LogP contribution in [0.3, 0.4) is 0 Å². The molecule has 0 saturated heterocycles. The fraction of sp³-hybridized carbons (Fsp3) is 0.286. The van der Waals surface area contributed by atoms with Crippen LogP contribution in [-0.2, 0) is 16.6 Å². The van der Waals surface area contributed by atoms with Crippen LogP contribution in [0.15, 0.2) is 63.9 Å². The van der Waals surface area contributed by atoms with E-state index in [2.05, 4.69) is 15.5 Å². The molecule has 0 bridgehead atoms. The standard InChI is InChI=1S/C21H24N4O4S/c1-4-25(14-16-8-6-5-7-9-16)30(27,28)18-12-10-17(11-13-18)19(26)22-21-24-23-20(29-21)15(2)3/h5-13,15H,4,14H2,1-3H3,(H,22,24,26). The van der Waals surface area contributed by atoms with Gasteiger partial charge in [-0.2, -0.15) is 4.31 Å². The molecule has 0 fully saturated rings. The van der Waals surface area contributed by atoms with Gasteiger partial charge in [0.1, 0.15) is 0 Å². The van der Waals surface area contributed by atoms with E-state index in [1.807, 2.05) is 44.2 Å². The van der Waals surface area contributed by atoms with Crippen molar-refractivity contribution in [1.82, 2.24) is 14.5 Å². The van der Waals surface area contributed by atoms with Crippen LogP contribution >= 0.6 is 0 Å². The lowest BCUT2D eigenvalue weighted by atomic mass is 10.2. The van der Waals surface area contributed by atoms with Crippen LogP contribution in [0.5, 0.6) is 0 Å². The molecule has 0 saturated carbocycles. The van der Waals surface area contributed by atoms with Gasteiger partial charge in [0, 0.05) is 24.6 Å². The van der Waals surface area contributed by atoms with Crippen molar-refractivity contribution >= 4 is 21.9 Å². The maximum atomic E-state index is 13.0. The molecule has 2 aromatic carbocycles. The Morgan fingerprint density at radius 3 is 2.30 bits per heavy atom. The molecule has 0 aliphatic rings. The summed E-state index contributed by atoms with van der Waals surface area (Å²) < 4.78 is 32.8. The van der Waals surface area contributed by atoms with Crippen molar-refractivity contribution in [3.05, 3.63) is 71.6 Å². The van der Waals surface area contributed by atoms with Crippen molar-refractivity contribution in [2.75, 3.05) is 11.9 Å². The van der Waals surface area contributed by atoms with Crippen molar-refractivity contribution in [2.24, 2.45) is 0 Å². The van der Waals surface area contributed by atoms with E-state index in [0.717, 1.165) is 5.56 Å². The van der Waals surface area contributed by atoms with Gasteiger partial charge in [-0.1, -0.05) is 56.2 Å². The largest absolute Gasteiger partial charge is 0.408 e. The van der Waals surface area contributed by atoms with Gasteiger partial charge in [0.2, 0.25) is 15.9 Å². The van der Waals surface area contributed by atoms with Gasteiger partial charge in [-0.05, 0) is 29.8 Å². The first kappa shape index (κ1) is 21.7. The maximum absolute atomic E-state index is 13.0. The lowest BCUT2D eigenvalue weighted by Gasteiger charge is -2.20. The van der Waals surface area contributed by atoms with Gasteiger partial charge in [0.15, 0.2) is 0 Å². The number of rotatable bonds is 8. The lowest BCUT2D eigenvalue weighted by Crippen LogP contribution is -2.30. The SMILES string of the molecule is CCN(Cc1ccccc1)S(=O)(=O)c1ccc(C(=O)Nc2nnc(C(C)C)o2)cc1. The van der Waals surface area contributed by atoms with Crippen LogP contribution in [0, 0.1) is 0 Å². The molecule has 1 aromatic heterocycles. The first-order valence-electron chi connectivity index (χ1n) is 9.60. The van der Waals surface area contributed by atoms with Gasteiger partial charge in [0.25, 0.3) is 5.91 Å². The number of carbonyl (C=O) groups excluding carboxylic acids is 1. The number of hydrogen-bond acceptors (Lipinski definition) is 6. The topological polar surface area (TPSA) is 105 Å². The van der Waals surface area contributed by atoms with Crippen LogP contribution in [0.4, 0.5) is 6.01 Å². The molecule has 158 valence electrons. The van der Waals surface area contributed by atoms with Gasteiger partial charge in [-0.25, -0.2) is 8.42 Å². The van der Waals surface area contributed by atoms with Gasteiger partial charge < -0.3 is 4.42 Å². The van der Waals surface area contributed by atoms with Gasteiger partial charge in [-0.15, -0.1) is 5.10 Å². The van der Waals surface area contributed by atoms with Crippen molar-refractivity contribution < 1.29 is 17.6 Å². The molecule has 3 aromatic rings. The van der Waals surface area contributed by atoms with E-state index in [-0.39, 0.29) is 28.9 Å². The summed E-state index contributed by atoms with van der Waals surface area (Å²) in [7, 11) is -3.70. The Bertz CT molecular complexity index is 1090. The maximum Gasteiger partial charge on any atom is 0.322 e. The Morgan fingerprint density at radius 1 is 1.07 bits per heavy atom. The fourth-order valence-electron chi connectivity index (χ4n) is 2.77. The molecule has 3 rings (SSSR count). The summed E-state index contributed by atoms with van der Waals surface area (Å²) >= 11 is 0. The third kappa shape index (κ3) is 4.92. The molecule has 0 aliphatic carbocycles. The summed E-state index contributed by atoms with van der Waals surface area (Å²) in [4.78, 5) is 12.5. The molecular weight excluding hydrogens is 404 g/mol. The third-order valence-electron chi connectivity index (χ3n) is 4.46. The number of aromatic nitrogens is 2. The lowest BCUT2D eigenvalue weighted by molar-refractivity contribution is 0.102. The van der Waals surface area contributed by atoms with Gasteiger partial charge >= 0.3 is 6.01 Å². The van der Waals surface area contributed by atoms with Gasteiger partial charge in [0.05, 0.1) is 4.90 Å². The average Bonchev–Trinajstić information content (AvgIpc) is 3.21. The second kappa shape index (κ2) is 9.19. The smallest absolute Gasteiger partial charge is 0.322 e. The molecular formula is C21H24N4O4S. The van der Waals surface area contributed by atoms with E-state index < -0.39 is 15.9 Å². The van der Waals surface area contributed by atoms with E-state index in [1.165, 1.54) is 28.6 Å². The summed E-state index contributed by atoms with van der Waals surface area (Å²) in [6, 6.07) is 15.2. The van der Waals surface area contributed by atoms with Gasteiger partial charge in [-0.3, -0.25) is 10.1 Å². The molecule has 1 heterocycles. The molecule has 8 nitrogen and oxygen atoms in total. The Morgan fingerprint density at radius 2 is 1.73 bits per heavy atom. The zero-order valence-electron chi connectivity index (χ0n) is 17.1. The van der Waals surface area contributed by atoms with Crippen molar-refractivity contribution in [1.29, 1.82) is 0 Å². The molecule has 1 N–H and O–H groups in total. The molecule has 0 atom stereocenters. The highest BCUT2D eigenvalue weighted by Crippen LogP contribution is 2.20. The summed E-state index contributed by atoms with van der Waals surface area (Å²) in [6.07, 6.45) is 0. The third-order valence-corrected chi connectivity index (χ3v) is 6.40. The average molecular weight is 429 g/mol. The van der Waals surface area contributed by atoms with Crippen LogP contribution in [0.1, 0.15) is 48.5 Å². The number of carbonyl (C=O) groups is 1. The second-order valence-corrected chi connectivity index (χ2v) is 8.93. The summed E-state index contributed by atoms with van der Waals surface area (Å²) in [5, 5.41) is 10.2. The van der Waals surface area contributed by atoms with E-state index in [9.17, 15) is 13.2 Å². The van der Waals surface area contributed by atoms with E-state index in [1.54, 1.807) is 6.92 Å². The Kier molecular flexibility index (Phi) is 6.63. The monoisotopic (exact) mass is 428 g/mol. The van der Waals surface area contributed by atoms with Crippen LogP contribution in [0.25, 0.3) is 0 Å². The van der Waals surface area contributed by atoms with Crippen LogP contribution in [0.2, 0.25) is 0 Å². The second-order valence-electron chi connectivity index (χ2n) is 7.00.